The molecule has 2 atom stereocenters. The molecule has 0 saturated carbocycles. The van der Waals surface area contributed by atoms with E-state index in [-0.39, 0.29) is 0 Å². The van der Waals surface area contributed by atoms with Gasteiger partial charge in [-0.1, -0.05) is 48.9 Å². The first-order valence-electron chi connectivity index (χ1n) is 12.7. The number of aryl methyl sites for hydroxylation is 1. The van der Waals surface area contributed by atoms with Crippen molar-refractivity contribution in [2.75, 3.05) is 6.61 Å². The fourth-order valence-corrected chi connectivity index (χ4v) is 5.45. The van der Waals surface area contributed by atoms with Crippen LogP contribution in [0.4, 0.5) is 0 Å². The number of ether oxygens (including phenoxy) is 1. The maximum absolute atomic E-state index is 13.5. The van der Waals surface area contributed by atoms with E-state index in [9.17, 15) is 9.59 Å². The molecule has 0 saturated heterocycles. The maximum atomic E-state index is 13.5. The zero-order valence-electron chi connectivity index (χ0n) is 20.9. The minimum atomic E-state index is -0.516. The van der Waals surface area contributed by atoms with E-state index in [1.807, 2.05) is 42.5 Å². The van der Waals surface area contributed by atoms with Gasteiger partial charge in [-0.2, -0.15) is 5.10 Å². The summed E-state index contributed by atoms with van der Waals surface area (Å²) in [4.78, 5) is 31.7. The number of benzene rings is 2. The van der Waals surface area contributed by atoms with Crippen molar-refractivity contribution in [3.8, 4) is 0 Å². The highest BCUT2D eigenvalue weighted by Gasteiger charge is 2.35. The lowest BCUT2D eigenvalue weighted by Crippen LogP contribution is -2.31. The highest BCUT2D eigenvalue weighted by molar-refractivity contribution is 6.30. The van der Waals surface area contributed by atoms with Crippen LogP contribution < -0.4 is 0 Å². The summed E-state index contributed by atoms with van der Waals surface area (Å²) in [5, 5.41) is 7.33. The largest absolute Gasteiger partial charge is 0.467 e. The number of hydrogen-bond donors (Lipinski definition) is 0. The van der Waals surface area contributed by atoms with E-state index in [2.05, 4.69) is 12.0 Å². The van der Waals surface area contributed by atoms with Crippen LogP contribution in [-0.4, -0.2) is 34.2 Å². The molecule has 2 aliphatic rings. The summed E-state index contributed by atoms with van der Waals surface area (Å²) in [5.74, 6) is 0.112. The van der Waals surface area contributed by atoms with E-state index in [0.29, 0.717) is 28.7 Å². The number of esters is 1. The average Bonchev–Trinajstić information content (AvgIpc) is 3.61. The molecule has 1 aliphatic carbocycles. The van der Waals surface area contributed by atoms with Gasteiger partial charge < -0.3 is 9.15 Å². The van der Waals surface area contributed by atoms with Gasteiger partial charge in [-0.3, -0.25) is 9.78 Å². The van der Waals surface area contributed by atoms with E-state index >= 15 is 0 Å². The Morgan fingerprint density at radius 1 is 1.08 bits per heavy atom. The van der Waals surface area contributed by atoms with Gasteiger partial charge in [0.2, 0.25) is 0 Å². The number of nitrogens with zero attached hydrogens (tertiary/aromatic N) is 3. The summed E-state index contributed by atoms with van der Waals surface area (Å²) in [6, 6.07) is 18.0. The van der Waals surface area contributed by atoms with Crippen molar-refractivity contribution in [2.45, 2.75) is 38.6 Å². The third-order valence-electron chi connectivity index (χ3n) is 7.25. The van der Waals surface area contributed by atoms with Crippen LogP contribution in [-0.2, 0) is 22.4 Å². The molecule has 0 radical (unpaired) electrons. The summed E-state index contributed by atoms with van der Waals surface area (Å²) in [5.41, 5.74) is 4.73. The van der Waals surface area contributed by atoms with Gasteiger partial charge in [-0.25, -0.2) is 9.80 Å². The molecule has 1 amide bonds. The number of carbonyl (C=O) groups is 2. The van der Waals surface area contributed by atoms with Gasteiger partial charge in [-0.05, 0) is 66.6 Å². The molecule has 7 nitrogen and oxygen atoms in total. The maximum Gasteiger partial charge on any atom is 0.339 e. The van der Waals surface area contributed by atoms with Crippen LogP contribution in [0.15, 0.2) is 76.4 Å². The molecular weight excluding hydrogens is 502 g/mol. The molecule has 4 aromatic rings. The average molecular weight is 528 g/mol. The minimum Gasteiger partial charge on any atom is -0.467 e. The molecule has 192 valence electrons. The van der Waals surface area contributed by atoms with E-state index in [1.165, 1.54) is 5.01 Å². The van der Waals surface area contributed by atoms with Crippen molar-refractivity contribution in [1.29, 1.82) is 0 Å². The first-order chi connectivity index (χ1) is 18.5. The highest BCUT2D eigenvalue weighted by Crippen LogP contribution is 2.34. The number of hydrazone groups is 1. The van der Waals surface area contributed by atoms with Gasteiger partial charge in [0, 0.05) is 22.5 Å². The van der Waals surface area contributed by atoms with Gasteiger partial charge in [0.1, 0.15) is 11.8 Å². The van der Waals surface area contributed by atoms with E-state index in [0.717, 1.165) is 52.7 Å². The highest BCUT2D eigenvalue weighted by atomic mass is 35.5. The first-order valence-corrected chi connectivity index (χ1v) is 13.1. The van der Waals surface area contributed by atoms with Gasteiger partial charge in [0.25, 0.3) is 5.91 Å². The molecule has 2 aromatic carbocycles. The van der Waals surface area contributed by atoms with Crippen LogP contribution >= 0.6 is 11.6 Å². The van der Waals surface area contributed by atoms with Crippen molar-refractivity contribution >= 4 is 40.1 Å². The van der Waals surface area contributed by atoms with Crippen LogP contribution in [0.3, 0.4) is 0 Å². The fraction of sp³-hybridized carbons (Fsp3) is 0.267. The molecule has 0 N–H and O–H groups in total. The van der Waals surface area contributed by atoms with Crippen LogP contribution in [0.25, 0.3) is 10.9 Å². The Hall–Kier alpha value is -3.97. The quantitative estimate of drug-likeness (QED) is 0.291. The molecule has 2 unspecified atom stereocenters. The summed E-state index contributed by atoms with van der Waals surface area (Å²) < 4.78 is 11.3. The van der Waals surface area contributed by atoms with E-state index in [1.54, 1.807) is 24.5 Å². The molecule has 38 heavy (non-hydrogen) atoms. The molecule has 3 heterocycles. The van der Waals surface area contributed by atoms with Gasteiger partial charge in [0.15, 0.2) is 6.61 Å². The number of para-hydroxylation sites is 1. The molecule has 0 bridgehead atoms. The summed E-state index contributed by atoms with van der Waals surface area (Å²) in [7, 11) is 0. The smallest absolute Gasteiger partial charge is 0.339 e. The number of pyridine rings is 1. The Balaban J connectivity index is 1.27. The van der Waals surface area contributed by atoms with Crippen molar-refractivity contribution in [3.05, 3.63) is 100 Å². The van der Waals surface area contributed by atoms with Gasteiger partial charge in [0.05, 0.1) is 23.1 Å². The fourth-order valence-electron chi connectivity index (χ4n) is 5.32. The van der Waals surface area contributed by atoms with Crippen molar-refractivity contribution in [1.82, 2.24) is 9.99 Å². The Bertz CT molecular complexity index is 1550. The van der Waals surface area contributed by atoms with Crippen LogP contribution in [0.2, 0.25) is 5.02 Å². The molecule has 6 rings (SSSR count). The predicted molar refractivity (Wildman–Crippen MR) is 144 cm³/mol. The molecule has 0 spiro atoms. The number of hydrogen-bond acceptors (Lipinski definition) is 6. The number of aromatic nitrogens is 1. The topological polar surface area (TPSA) is 85.0 Å². The number of carbonyl (C=O) groups excluding carboxylic acids is 2. The standard InChI is InChI=1S/C30H26ClN3O4/c1-18-8-13-24-22(15-18)29(21-5-2-3-6-23(21)32-24)30(36)38-17-28(35)34-26(27-7-4-14-37-27)16-25(33-34)19-9-11-20(31)12-10-19/h2-7,9-12,14,18,26H,8,13,15-17H2,1H3. The molecule has 1 aliphatic heterocycles. The number of halogens is 1. The van der Waals surface area contributed by atoms with Crippen LogP contribution in [0.1, 0.15) is 58.7 Å². The molecule has 0 fully saturated rings. The summed E-state index contributed by atoms with van der Waals surface area (Å²) in [6.45, 7) is 1.74. The number of amides is 1. The third-order valence-corrected chi connectivity index (χ3v) is 7.50. The SMILES string of the molecule is CC1CCc2nc3ccccc3c(C(=O)OCC(=O)N3N=C(c4ccc(Cl)cc4)CC3c3ccco3)c2C1. The summed E-state index contributed by atoms with van der Waals surface area (Å²) in [6.07, 6.45) is 4.64. The lowest BCUT2D eigenvalue weighted by molar-refractivity contribution is -0.136. The Kier molecular flexibility index (Phi) is 6.45. The minimum absolute atomic E-state index is 0.427. The molecule has 8 heteroatoms. The van der Waals surface area contributed by atoms with E-state index in [4.69, 9.17) is 25.7 Å². The number of rotatable bonds is 5. The number of furan rings is 1. The predicted octanol–water partition coefficient (Wildman–Crippen LogP) is 6.14. The normalized spacial score (nSPS) is 18.8. The second-order valence-electron chi connectivity index (χ2n) is 9.88. The molecule has 2 aromatic heterocycles. The van der Waals surface area contributed by atoms with Gasteiger partial charge >= 0.3 is 5.97 Å². The summed E-state index contributed by atoms with van der Waals surface area (Å²) >= 11 is 6.05. The Labute approximate surface area is 225 Å². The zero-order valence-corrected chi connectivity index (χ0v) is 21.6. The monoisotopic (exact) mass is 527 g/mol. The van der Waals surface area contributed by atoms with Crippen LogP contribution in [0, 0.1) is 5.92 Å². The lowest BCUT2D eigenvalue weighted by Gasteiger charge is -2.24. The third kappa shape index (κ3) is 4.58. The second kappa shape index (κ2) is 10.1. The lowest BCUT2D eigenvalue weighted by atomic mass is 9.84. The zero-order chi connectivity index (χ0) is 26.2. The van der Waals surface area contributed by atoms with E-state index < -0.39 is 24.5 Å². The van der Waals surface area contributed by atoms with Crippen molar-refractivity contribution in [3.63, 3.8) is 0 Å². The number of fused-ring (bicyclic) bond motifs is 2. The van der Waals surface area contributed by atoms with Crippen LogP contribution in [0.5, 0.6) is 0 Å². The van der Waals surface area contributed by atoms with Crippen molar-refractivity contribution in [2.24, 2.45) is 11.0 Å². The van der Waals surface area contributed by atoms with Crippen molar-refractivity contribution < 1.29 is 18.7 Å². The second-order valence-corrected chi connectivity index (χ2v) is 10.3. The Morgan fingerprint density at radius 3 is 2.68 bits per heavy atom. The first kappa shape index (κ1) is 24.4. The van der Waals surface area contributed by atoms with Gasteiger partial charge in [-0.15, -0.1) is 0 Å². The molecular formula is C30H26ClN3O4. The Morgan fingerprint density at radius 2 is 1.89 bits per heavy atom.